The summed E-state index contributed by atoms with van der Waals surface area (Å²) in [7, 11) is 1.79. The summed E-state index contributed by atoms with van der Waals surface area (Å²) in [6, 6.07) is 19.7. The molecule has 0 bridgehead atoms. The predicted molar refractivity (Wildman–Crippen MR) is 133 cm³/mol. The van der Waals surface area contributed by atoms with Crippen LogP contribution in [-0.2, 0) is 24.5 Å². The van der Waals surface area contributed by atoms with E-state index in [9.17, 15) is 20.0 Å². The number of anilines is 1. The number of ether oxygens (including phenoxy) is 1. The van der Waals surface area contributed by atoms with E-state index in [4.69, 9.17) is 4.74 Å². The fourth-order valence-corrected chi connectivity index (χ4v) is 4.73. The maximum absolute atomic E-state index is 13.6. The second-order valence-corrected chi connectivity index (χ2v) is 9.10. The standard InChI is InChI=1S/C28H26N4O4/c1-31-11-10-23(27(31)34)30-22-9-5-8-20-15-32(16-21(20)22)28(35)26-24(33)12-19(14-29)13-25(26)36-17-18-6-3-2-4-7-18/h2-9,12-13,23,30,33H,10-11,15-17H2,1H3. The molecule has 0 radical (unpaired) electrons. The van der Waals surface area contributed by atoms with Crippen molar-refractivity contribution in [3.63, 3.8) is 0 Å². The van der Waals surface area contributed by atoms with Crippen LogP contribution in [0.2, 0.25) is 0 Å². The summed E-state index contributed by atoms with van der Waals surface area (Å²) in [4.78, 5) is 29.4. The van der Waals surface area contributed by atoms with E-state index in [0.29, 0.717) is 19.6 Å². The van der Waals surface area contributed by atoms with Crippen molar-refractivity contribution in [3.05, 3.63) is 88.5 Å². The number of phenolic OH excluding ortho intramolecular Hbond substituents is 1. The number of aromatic hydroxyl groups is 1. The van der Waals surface area contributed by atoms with Crippen LogP contribution in [-0.4, -0.2) is 46.4 Å². The Morgan fingerprint density at radius 3 is 2.69 bits per heavy atom. The third-order valence-electron chi connectivity index (χ3n) is 6.69. The zero-order valence-corrected chi connectivity index (χ0v) is 19.9. The quantitative estimate of drug-likeness (QED) is 0.556. The molecule has 3 aromatic rings. The van der Waals surface area contributed by atoms with Crippen LogP contribution < -0.4 is 10.1 Å². The van der Waals surface area contributed by atoms with Gasteiger partial charge in [0, 0.05) is 32.4 Å². The first-order valence-electron chi connectivity index (χ1n) is 11.8. The summed E-state index contributed by atoms with van der Waals surface area (Å²) < 4.78 is 5.93. The Balaban J connectivity index is 1.39. The van der Waals surface area contributed by atoms with Gasteiger partial charge in [0.1, 0.15) is 29.7 Å². The van der Waals surface area contributed by atoms with Crippen LogP contribution in [0.4, 0.5) is 5.69 Å². The number of fused-ring (bicyclic) bond motifs is 1. The Kier molecular flexibility index (Phi) is 6.21. The lowest BCUT2D eigenvalue weighted by Gasteiger charge is -2.20. The molecule has 8 nitrogen and oxygen atoms in total. The van der Waals surface area contributed by atoms with Crippen LogP contribution >= 0.6 is 0 Å². The lowest BCUT2D eigenvalue weighted by Crippen LogP contribution is -2.31. The summed E-state index contributed by atoms with van der Waals surface area (Å²) in [5.74, 6) is -0.467. The third kappa shape index (κ3) is 4.43. The SMILES string of the molecule is CN1CCC(Nc2cccc3c2CN(C(=O)c2c(O)cc(C#N)cc2OCc2ccccc2)C3)C1=O. The monoisotopic (exact) mass is 482 g/mol. The Morgan fingerprint density at radius 1 is 1.17 bits per heavy atom. The molecule has 0 saturated carbocycles. The van der Waals surface area contributed by atoms with E-state index < -0.39 is 0 Å². The van der Waals surface area contributed by atoms with Crippen molar-refractivity contribution in [1.29, 1.82) is 5.26 Å². The average Bonchev–Trinajstić information content (AvgIpc) is 3.47. The van der Waals surface area contributed by atoms with Crippen molar-refractivity contribution in [1.82, 2.24) is 9.80 Å². The zero-order chi connectivity index (χ0) is 25.2. The first-order chi connectivity index (χ1) is 17.4. The summed E-state index contributed by atoms with van der Waals surface area (Å²) in [6.45, 7) is 1.58. The smallest absolute Gasteiger partial charge is 0.262 e. The number of hydrogen-bond donors (Lipinski definition) is 2. The first-order valence-corrected chi connectivity index (χ1v) is 11.8. The molecule has 8 heteroatoms. The summed E-state index contributed by atoms with van der Waals surface area (Å²) >= 11 is 0. The van der Waals surface area contributed by atoms with Gasteiger partial charge in [-0.2, -0.15) is 5.26 Å². The minimum Gasteiger partial charge on any atom is -0.507 e. The number of amides is 2. The number of hydrogen-bond acceptors (Lipinski definition) is 6. The number of nitrogens with one attached hydrogen (secondary N) is 1. The topological polar surface area (TPSA) is 106 Å². The van der Waals surface area contributed by atoms with Gasteiger partial charge in [0.05, 0.1) is 11.6 Å². The molecule has 2 aliphatic heterocycles. The third-order valence-corrected chi connectivity index (χ3v) is 6.69. The molecule has 2 amide bonds. The van der Waals surface area contributed by atoms with E-state index in [1.807, 2.05) is 54.6 Å². The van der Waals surface area contributed by atoms with E-state index in [1.54, 1.807) is 16.8 Å². The van der Waals surface area contributed by atoms with Crippen LogP contribution in [0.3, 0.4) is 0 Å². The van der Waals surface area contributed by atoms with Crippen molar-refractivity contribution in [2.45, 2.75) is 32.2 Å². The van der Waals surface area contributed by atoms with E-state index in [1.165, 1.54) is 12.1 Å². The number of rotatable bonds is 6. The van der Waals surface area contributed by atoms with Gasteiger partial charge < -0.3 is 25.0 Å². The normalized spacial score (nSPS) is 16.6. The van der Waals surface area contributed by atoms with Crippen molar-refractivity contribution in [2.75, 3.05) is 18.9 Å². The van der Waals surface area contributed by atoms with E-state index in [0.717, 1.165) is 28.8 Å². The number of nitrogens with zero attached hydrogens (tertiary/aromatic N) is 3. The minimum absolute atomic E-state index is 0.0276. The number of likely N-dealkylation sites (N-methyl/N-ethyl adjacent to an activating group) is 1. The number of phenols is 1. The van der Waals surface area contributed by atoms with E-state index in [-0.39, 0.29) is 47.1 Å². The van der Waals surface area contributed by atoms with Crippen molar-refractivity contribution < 1.29 is 19.4 Å². The molecule has 3 aromatic carbocycles. The highest BCUT2D eigenvalue weighted by molar-refractivity contribution is 6.00. The molecule has 5 rings (SSSR count). The highest BCUT2D eigenvalue weighted by Gasteiger charge is 2.33. The number of likely N-dealkylation sites (tertiary alicyclic amines) is 1. The molecule has 2 aliphatic rings. The number of benzene rings is 3. The van der Waals surface area contributed by atoms with Crippen molar-refractivity contribution in [2.24, 2.45) is 0 Å². The summed E-state index contributed by atoms with van der Waals surface area (Å²) in [6.07, 6.45) is 0.725. The molecule has 0 aromatic heterocycles. The lowest BCUT2D eigenvalue weighted by molar-refractivity contribution is -0.127. The summed E-state index contributed by atoms with van der Waals surface area (Å²) in [5, 5.41) is 23.4. The molecular formula is C28H26N4O4. The lowest BCUT2D eigenvalue weighted by atomic mass is 10.1. The first kappa shape index (κ1) is 23.2. The van der Waals surface area contributed by atoms with Gasteiger partial charge in [-0.15, -0.1) is 0 Å². The van der Waals surface area contributed by atoms with Crippen LogP contribution in [0.1, 0.15) is 39.0 Å². The predicted octanol–water partition coefficient (Wildman–Crippen LogP) is 3.64. The van der Waals surface area contributed by atoms with Crippen LogP contribution in [0.25, 0.3) is 0 Å². The van der Waals surface area contributed by atoms with Crippen LogP contribution in [0.5, 0.6) is 11.5 Å². The Morgan fingerprint density at radius 2 is 1.97 bits per heavy atom. The van der Waals surface area contributed by atoms with Gasteiger partial charge in [0.15, 0.2) is 0 Å². The highest BCUT2D eigenvalue weighted by atomic mass is 16.5. The molecule has 0 aliphatic carbocycles. The second kappa shape index (κ2) is 9.62. The second-order valence-electron chi connectivity index (χ2n) is 9.10. The highest BCUT2D eigenvalue weighted by Crippen LogP contribution is 2.36. The largest absolute Gasteiger partial charge is 0.507 e. The number of carbonyl (C=O) groups excluding carboxylic acids is 2. The number of carbonyl (C=O) groups is 2. The van der Waals surface area contributed by atoms with Crippen LogP contribution in [0.15, 0.2) is 60.7 Å². The van der Waals surface area contributed by atoms with Crippen molar-refractivity contribution in [3.8, 4) is 17.6 Å². The fourth-order valence-electron chi connectivity index (χ4n) is 4.73. The zero-order valence-electron chi connectivity index (χ0n) is 19.9. The molecule has 1 atom stereocenters. The molecule has 182 valence electrons. The van der Waals surface area contributed by atoms with Gasteiger partial charge >= 0.3 is 0 Å². The van der Waals surface area contributed by atoms with Gasteiger partial charge in [-0.25, -0.2) is 0 Å². The van der Waals surface area contributed by atoms with Gasteiger partial charge in [-0.3, -0.25) is 9.59 Å². The molecule has 2 heterocycles. The molecule has 1 fully saturated rings. The van der Waals surface area contributed by atoms with Gasteiger partial charge in [-0.1, -0.05) is 42.5 Å². The van der Waals surface area contributed by atoms with Crippen molar-refractivity contribution >= 4 is 17.5 Å². The number of nitriles is 1. The molecule has 0 spiro atoms. The van der Waals surface area contributed by atoms with E-state index in [2.05, 4.69) is 5.32 Å². The minimum atomic E-state index is -0.390. The Labute approximate surface area is 209 Å². The molecule has 1 saturated heterocycles. The summed E-state index contributed by atoms with van der Waals surface area (Å²) in [5.41, 5.74) is 3.89. The van der Waals surface area contributed by atoms with Crippen LogP contribution in [0, 0.1) is 11.3 Å². The molecular weight excluding hydrogens is 456 g/mol. The van der Waals surface area contributed by atoms with Gasteiger partial charge in [0.25, 0.3) is 5.91 Å². The Hall–Kier alpha value is -4.51. The maximum Gasteiger partial charge on any atom is 0.262 e. The maximum atomic E-state index is 13.6. The van der Waals surface area contributed by atoms with E-state index >= 15 is 0 Å². The fraction of sp³-hybridized carbons (Fsp3) is 0.250. The van der Waals surface area contributed by atoms with Gasteiger partial charge in [-0.05, 0) is 41.3 Å². The average molecular weight is 483 g/mol. The molecule has 2 N–H and O–H groups in total. The molecule has 36 heavy (non-hydrogen) atoms. The Bertz CT molecular complexity index is 1370. The van der Waals surface area contributed by atoms with Gasteiger partial charge in [0.2, 0.25) is 5.91 Å². The molecule has 1 unspecified atom stereocenters.